The number of furan rings is 1. The van der Waals surface area contributed by atoms with Gasteiger partial charge in [0.25, 0.3) is 0 Å². The van der Waals surface area contributed by atoms with Crippen molar-refractivity contribution >= 4 is 27.8 Å². The summed E-state index contributed by atoms with van der Waals surface area (Å²) in [7, 11) is 0. The monoisotopic (exact) mass is 260 g/mol. The maximum absolute atomic E-state index is 11.3. The number of amides is 2. The van der Waals surface area contributed by atoms with Crippen LogP contribution < -0.4 is 10.6 Å². The van der Waals surface area contributed by atoms with Crippen molar-refractivity contribution in [1.82, 2.24) is 5.32 Å². The van der Waals surface area contributed by atoms with Gasteiger partial charge >= 0.3 is 6.03 Å². The third-order valence-corrected chi connectivity index (χ3v) is 1.72. The lowest BCUT2D eigenvalue weighted by Crippen LogP contribution is -2.43. The molecule has 0 bridgehead atoms. The standard InChI is InChI=1S/C9H13BrN2O2/c1-9(2,3)12-8(13)11-7-5-4-6(10)14-7/h4-5H,1-3H3,(H2,11,12,13). The minimum atomic E-state index is -0.278. The van der Waals surface area contributed by atoms with Crippen LogP contribution in [0.25, 0.3) is 0 Å². The van der Waals surface area contributed by atoms with Crippen LogP contribution in [0.4, 0.5) is 10.7 Å². The van der Waals surface area contributed by atoms with Crippen LogP contribution >= 0.6 is 15.9 Å². The molecule has 0 spiro atoms. The summed E-state index contributed by atoms with van der Waals surface area (Å²) < 4.78 is 5.70. The Morgan fingerprint density at radius 2 is 2.07 bits per heavy atom. The molecular formula is C9H13BrN2O2. The average Bonchev–Trinajstić information content (AvgIpc) is 2.30. The van der Waals surface area contributed by atoms with E-state index in [9.17, 15) is 4.79 Å². The largest absolute Gasteiger partial charge is 0.434 e. The third-order valence-electron chi connectivity index (χ3n) is 1.30. The van der Waals surface area contributed by atoms with Crippen molar-refractivity contribution in [2.75, 3.05) is 5.32 Å². The molecule has 1 aromatic heterocycles. The summed E-state index contributed by atoms with van der Waals surface area (Å²) in [4.78, 5) is 11.3. The highest BCUT2D eigenvalue weighted by Crippen LogP contribution is 2.18. The maximum atomic E-state index is 11.3. The fourth-order valence-electron chi connectivity index (χ4n) is 0.865. The van der Waals surface area contributed by atoms with Crippen LogP contribution in [0.2, 0.25) is 0 Å². The molecule has 0 atom stereocenters. The molecule has 0 aliphatic rings. The Kier molecular flexibility index (Phi) is 3.21. The van der Waals surface area contributed by atoms with Crippen molar-refractivity contribution in [3.8, 4) is 0 Å². The van der Waals surface area contributed by atoms with E-state index in [1.165, 1.54) is 0 Å². The molecule has 2 N–H and O–H groups in total. The van der Waals surface area contributed by atoms with E-state index < -0.39 is 0 Å². The fraction of sp³-hybridized carbons (Fsp3) is 0.444. The van der Waals surface area contributed by atoms with Gasteiger partial charge in [0.05, 0.1) is 0 Å². The minimum Gasteiger partial charge on any atom is -0.434 e. The van der Waals surface area contributed by atoms with Gasteiger partial charge in [0.1, 0.15) is 0 Å². The lowest BCUT2D eigenvalue weighted by atomic mass is 10.1. The summed E-state index contributed by atoms with van der Waals surface area (Å²) in [6.07, 6.45) is 0. The van der Waals surface area contributed by atoms with Gasteiger partial charge in [-0.15, -0.1) is 0 Å². The first-order chi connectivity index (χ1) is 6.37. The maximum Gasteiger partial charge on any atom is 0.321 e. The number of halogens is 1. The molecule has 2 amide bonds. The van der Waals surface area contributed by atoms with E-state index >= 15 is 0 Å². The Labute approximate surface area is 91.2 Å². The highest BCUT2D eigenvalue weighted by atomic mass is 79.9. The summed E-state index contributed by atoms with van der Waals surface area (Å²) >= 11 is 3.15. The van der Waals surface area contributed by atoms with Gasteiger partial charge in [0, 0.05) is 11.6 Å². The van der Waals surface area contributed by atoms with Gasteiger partial charge in [0.2, 0.25) is 5.88 Å². The molecule has 0 saturated carbocycles. The van der Waals surface area contributed by atoms with Gasteiger partial charge < -0.3 is 9.73 Å². The zero-order valence-electron chi connectivity index (χ0n) is 8.35. The molecule has 1 heterocycles. The first-order valence-corrected chi connectivity index (χ1v) is 5.01. The van der Waals surface area contributed by atoms with E-state index in [0.29, 0.717) is 10.6 Å². The van der Waals surface area contributed by atoms with E-state index in [1.54, 1.807) is 12.1 Å². The Balaban J connectivity index is 2.50. The molecule has 0 fully saturated rings. The van der Waals surface area contributed by atoms with Gasteiger partial charge in [-0.3, -0.25) is 5.32 Å². The molecule has 4 nitrogen and oxygen atoms in total. The number of anilines is 1. The zero-order valence-corrected chi connectivity index (χ0v) is 9.94. The van der Waals surface area contributed by atoms with Crippen molar-refractivity contribution in [3.63, 3.8) is 0 Å². The number of hydrogen-bond acceptors (Lipinski definition) is 2. The molecule has 0 radical (unpaired) electrons. The molecule has 5 heteroatoms. The molecule has 0 unspecified atom stereocenters. The first kappa shape index (κ1) is 11.1. The Hall–Kier alpha value is -0.970. The summed E-state index contributed by atoms with van der Waals surface area (Å²) in [5.74, 6) is 0.415. The van der Waals surface area contributed by atoms with Crippen LogP contribution in [0.5, 0.6) is 0 Å². The van der Waals surface area contributed by atoms with E-state index in [-0.39, 0.29) is 11.6 Å². The van der Waals surface area contributed by atoms with Gasteiger partial charge in [-0.1, -0.05) is 0 Å². The number of hydrogen-bond donors (Lipinski definition) is 2. The van der Waals surface area contributed by atoms with Crippen molar-refractivity contribution in [1.29, 1.82) is 0 Å². The van der Waals surface area contributed by atoms with Crippen molar-refractivity contribution in [2.24, 2.45) is 0 Å². The van der Waals surface area contributed by atoms with Gasteiger partial charge in [-0.2, -0.15) is 0 Å². The second-order valence-electron chi connectivity index (χ2n) is 3.93. The van der Waals surface area contributed by atoms with Gasteiger partial charge in [-0.05, 0) is 42.8 Å². The minimum absolute atomic E-state index is 0.256. The van der Waals surface area contributed by atoms with E-state index in [0.717, 1.165) is 0 Å². The van der Waals surface area contributed by atoms with Gasteiger partial charge in [0.15, 0.2) is 4.67 Å². The summed E-state index contributed by atoms with van der Waals surface area (Å²) in [6, 6.07) is 3.11. The first-order valence-electron chi connectivity index (χ1n) is 4.21. The van der Waals surface area contributed by atoms with Crippen molar-refractivity contribution < 1.29 is 9.21 Å². The van der Waals surface area contributed by atoms with Crippen LogP contribution in [-0.2, 0) is 0 Å². The fourth-order valence-corrected chi connectivity index (χ4v) is 1.17. The summed E-state index contributed by atoms with van der Waals surface area (Å²) in [5, 5.41) is 5.32. The smallest absolute Gasteiger partial charge is 0.321 e. The number of nitrogens with one attached hydrogen (secondary N) is 2. The van der Waals surface area contributed by atoms with Crippen LogP contribution in [0, 0.1) is 0 Å². The van der Waals surface area contributed by atoms with Crippen LogP contribution in [0.3, 0.4) is 0 Å². The van der Waals surface area contributed by atoms with E-state index in [1.807, 2.05) is 20.8 Å². The number of carbonyl (C=O) groups is 1. The second-order valence-corrected chi connectivity index (χ2v) is 4.71. The molecule has 0 aliphatic heterocycles. The summed E-state index contributed by atoms with van der Waals surface area (Å²) in [5.41, 5.74) is -0.256. The predicted octanol–water partition coefficient (Wildman–Crippen LogP) is 2.96. The van der Waals surface area contributed by atoms with Gasteiger partial charge in [-0.25, -0.2) is 4.79 Å². The molecule has 14 heavy (non-hydrogen) atoms. The highest BCUT2D eigenvalue weighted by molar-refractivity contribution is 9.10. The molecular weight excluding hydrogens is 248 g/mol. The molecule has 1 aromatic rings. The molecule has 0 saturated heterocycles. The summed E-state index contributed by atoms with van der Waals surface area (Å²) in [6.45, 7) is 5.72. The van der Waals surface area contributed by atoms with E-state index in [4.69, 9.17) is 4.42 Å². The lowest BCUT2D eigenvalue weighted by Gasteiger charge is -2.20. The van der Waals surface area contributed by atoms with Crippen LogP contribution in [0.15, 0.2) is 21.2 Å². The molecule has 1 rings (SSSR count). The molecule has 0 aliphatic carbocycles. The number of urea groups is 1. The van der Waals surface area contributed by atoms with E-state index in [2.05, 4.69) is 26.6 Å². The topological polar surface area (TPSA) is 54.3 Å². The highest BCUT2D eigenvalue weighted by Gasteiger charge is 2.14. The zero-order chi connectivity index (χ0) is 10.8. The molecule has 0 aromatic carbocycles. The average molecular weight is 261 g/mol. The quantitative estimate of drug-likeness (QED) is 0.816. The Morgan fingerprint density at radius 1 is 1.43 bits per heavy atom. The van der Waals surface area contributed by atoms with Crippen LogP contribution in [0.1, 0.15) is 20.8 Å². The van der Waals surface area contributed by atoms with Crippen LogP contribution in [-0.4, -0.2) is 11.6 Å². The third kappa shape index (κ3) is 3.83. The van der Waals surface area contributed by atoms with Crippen molar-refractivity contribution in [3.05, 3.63) is 16.8 Å². The predicted molar refractivity (Wildman–Crippen MR) is 58.3 cm³/mol. The molecule has 78 valence electrons. The Bertz CT molecular complexity index is 328. The van der Waals surface area contributed by atoms with Crippen molar-refractivity contribution in [2.45, 2.75) is 26.3 Å². The SMILES string of the molecule is CC(C)(C)NC(=O)Nc1ccc(Br)o1. The second kappa shape index (κ2) is 4.04. The normalized spacial score (nSPS) is 11.1. The number of carbonyl (C=O) groups excluding carboxylic acids is 1. The lowest BCUT2D eigenvalue weighted by molar-refractivity contribution is 0.243. The Morgan fingerprint density at radius 3 is 2.50 bits per heavy atom. The number of rotatable bonds is 1.